The van der Waals surface area contributed by atoms with Crippen molar-refractivity contribution in [3.8, 4) is 0 Å². The van der Waals surface area contributed by atoms with Gasteiger partial charge in [-0.15, -0.1) is 0 Å². The summed E-state index contributed by atoms with van der Waals surface area (Å²) in [5.41, 5.74) is -0.785. The molecule has 180 valence electrons. The van der Waals surface area contributed by atoms with Crippen molar-refractivity contribution in [3.63, 3.8) is 0 Å². The number of carbonyl (C=O) groups excluding carboxylic acids is 2. The maximum atomic E-state index is 12.5. The minimum Gasteiger partial charge on any atom is -0.469 e. The van der Waals surface area contributed by atoms with E-state index in [0.29, 0.717) is 19.3 Å². The van der Waals surface area contributed by atoms with Crippen LogP contribution in [0.5, 0.6) is 0 Å². The zero-order valence-electron chi connectivity index (χ0n) is 19.0. The standard InChI is InChI=1S/C25H32O8/c1-16-14-31-25(13-21(16)32-22(27)11-8-17-6-4-3-5-7-17)24(29,15-26)19-10-9-18(23(28)30-2)12-20(19)33-25/h3-8,11,16,18-21,26,29H,9-10,12-15H2,1-2H3/b11-8-. The molecule has 3 aliphatic rings. The molecule has 7 unspecified atom stereocenters. The number of esters is 2. The highest BCUT2D eigenvalue weighted by molar-refractivity contribution is 5.87. The zero-order chi connectivity index (χ0) is 23.6. The second-order valence-electron chi connectivity index (χ2n) is 9.34. The average molecular weight is 461 g/mol. The van der Waals surface area contributed by atoms with Gasteiger partial charge in [-0.1, -0.05) is 37.3 Å². The molecule has 3 fully saturated rings. The molecule has 2 aliphatic heterocycles. The molecule has 7 atom stereocenters. The van der Waals surface area contributed by atoms with Crippen molar-refractivity contribution in [3.05, 3.63) is 42.0 Å². The molecule has 33 heavy (non-hydrogen) atoms. The number of fused-ring (bicyclic) bond motifs is 1. The van der Waals surface area contributed by atoms with Gasteiger partial charge in [0.2, 0.25) is 5.79 Å². The Balaban J connectivity index is 1.49. The Labute approximate surface area is 193 Å². The summed E-state index contributed by atoms with van der Waals surface area (Å²) in [5, 5.41) is 21.8. The molecule has 0 radical (unpaired) electrons. The van der Waals surface area contributed by atoms with Gasteiger partial charge in [0.25, 0.3) is 0 Å². The first-order chi connectivity index (χ1) is 15.8. The van der Waals surface area contributed by atoms with Crippen molar-refractivity contribution in [1.29, 1.82) is 0 Å². The monoisotopic (exact) mass is 460 g/mol. The molecule has 2 saturated heterocycles. The fraction of sp³-hybridized carbons (Fsp3) is 0.600. The van der Waals surface area contributed by atoms with Gasteiger partial charge < -0.3 is 29.2 Å². The summed E-state index contributed by atoms with van der Waals surface area (Å²) in [6.45, 7) is 1.54. The Bertz CT molecular complexity index is 886. The number of rotatable bonds is 5. The van der Waals surface area contributed by atoms with E-state index in [1.165, 1.54) is 13.2 Å². The van der Waals surface area contributed by atoms with Crippen LogP contribution in [0.15, 0.2) is 36.4 Å². The largest absolute Gasteiger partial charge is 0.469 e. The fourth-order valence-corrected chi connectivity index (χ4v) is 5.41. The van der Waals surface area contributed by atoms with Crippen LogP contribution in [-0.2, 0) is 28.5 Å². The molecule has 0 bridgehead atoms. The number of aliphatic hydroxyl groups is 2. The van der Waals surface area contributed by atoms with E-state index in [2.05, 4.69) is 0 Å². The van der Waals surface area contributed by atoms with Crippen LogP contribution in [0.2, 0.25) is 0 Å². The Kier molecular flexibility index (Phi) is 6.91. The van der Waals surface area contributed by atoms with Crippen molar-refractivity contribution >= 4 is 18.0 Å². The van der Waals surface area contributed by atoms with Gasteiger partial charge in [0.05, 0.1) is 32.3 Å². The molecule has 8 nitrogen and oxygen atoms in total. The van der Waals surface area contributed by atoms with Crippen molar-refractivity contribution in [1.82, 2.24) is 0 Å². The number of methoxy groups -OCH3 is 1. The number of aliphatic hydroxyl groups excluding tert-OH is 1. The molecule has 8 heteroatoms. The maximum absolute atomic E-state index is 12.5. The lowest BCUT2D eigenvalue weighted by Crippen LogP contribution is -2.63. The van der Waals surface area contributed by atoms with Gasteiger partial charge in [-0.2, -0.15) is 0 Å². The minimum atomic E-state index is -1.66. The van der Waals surface area contributed by atoms with Gasteiger partial charge in [0.1, 0.15) is 11.7 Å². The molecule has 1 saturated carbocycles. The molecule has 1 aromatic carbocycles. The van der Waals surface area contributed by atoms with Crippen LogP contribution in [0.4, 0.5) is 0 Å². The summed E-state index contributed by atoms with van der Waals surface area (Å²) in [6, 6.07) is 9.42. The van der Waals surface area contributed by atoms with E-state index < -0.39 is 42.1 Å². The summed E-state index contributed by atoms with van der Waals surface area (Å²) in [7, 11) is 1.35. The van der Waals surface area contributed by atoms with E-state index in [4.69, 9.17) is 18.9 Å². The van der Waals surface area contributed by atoms with E-state index in [1.54, 1.807) is 6.08 Å². The predicted molar refractivity (Wildman–Crippen MR) is 118 cm³/mol. The van der Waals surface area contributed by atoms with E-state index in [0.717, 1.165) is 5.56 Å². The van der Waals surface area contributed by atoms with Gasteiger partial charge in [-0.05, 0) is 30.9 Å². The first-order valence-electron chi connectivity index (χ1n) is 11.5. The minimum absolute atomic E-state index is 0.0893. The lowest BCUT2D eigenvalue weighted by Gasteiger charge is -2.47. The Morgan fingerprint density at radius 3 is 2.70 bits per heavy atom. The normalized spacial score (nSPS) is 38.2. The highest BCUT2D eigenvalue weighted by Crippen LogP contribution is 2.55. The summed E-state index contributed by atoms with van der Waals surface area (Å²) in [6.07, 6.45) is 3.51. The Hall–Kier alpha value is -2.26. The van der Waals surface area contributed by atoms with Crippen LogP contribution >= 0.6 is 0 Å². The fourth-order valence-electron chi connectivity index (χ4n) is 5.41. The third kappa shape index (κ3) is 4.45. The predicted octanol–water partition coefficient (Wildman–Crippen LogP) is 2.08. The molecule has 2 heterocycles. The number of hydrogen-bond acceptors (Lipinski definition) is 8. The molecule has 0 amide bonds. The molecule has 1 spiro atoms. The second kappa shape index (κ2) is 9.54. The van der Waals surface area contributed by atoms with Crippen molar-refractivity contribution in [2.24, 2.45) is 17.8 Å². The first-order valence-corrected chi connectivity index (χ1v) is 11.5. The average Bonchev–Trinajstić information content (AvgIpc) is 3.07. The quantitative estimate of drug-likeness (QED) is 0.508. The molecule has 2 N–H and O–H groups in total. The number of carbonyl (C=O) groups is 2. The van der Waals surface area contributed by atoms with Crippen LogP contribution in [0.3, 0.4) is 0 Å². The highest BCUT2D eigenvalue weighted by atomic mass is 16.7. The lowest BCUT2D eigenvalue weighted by atomic mass is 9.70. The van der Waals surface area contributed by atoms with Crippen LogP contribution in [0.1, 0.15) is 38.2 Å². The van der Waals surface area contributed by atoms with Crippen molar-refractivity contribution < 1.29 is 38.7 Å². The van der Waals surface area contributed by atoms with Crippen LogP contribution in [0, 0.1) is 17.8 Å². The smallest absolute Gasteiger partial charge is 0.331 e. The van der Waals surface area contributed by atoms with Crippen LogP contribution < -0.4 is 0 Å². The maximum Gasteiger partial charge on any atom is 0.331 e. The van der Waals surface area contributed by atoms with Gasteiger partial charge in [-0.3, -0.25) is 4.79 Å². The van der Waals surface area contributed by atoms with E-state index in [1.807, 2.05) is 37.3 Å². The topological polar surface area (TPSA) is 112 Å². The van der Waals surface area contributed by atoms with Crippen molar-refractivity contribution in [2.75, 3.05) is 20.3 Å². The molecule has 4 rings (SSSR count). The molecular formula is C25H32O8. The third-order valence-electron chi connectivity index (χ3n) is 7.35. The Morgan fingerprint density at radius 1 is 1.24 bits per heavy atom. The molecule has 1 aliphatic carbocycles. The number of ether oxygens (including phenoxy) is 4. The summed E-state index contributed by atoms with van der Waals surface area (Å²) < 4.78 is 22.9. The molecule has 1 aromatic rings. The van der Waals surface area contributed by atoms with E-state index in [-0.39, 0.29) is 30.8 Å². The highest BCUT2D eigenvalue weighted by Gasteiger charge is 2.68. The zero-order valence-corrected chi connectivity index (χ0v) is 19.0. The molecular weight excluding hydrogens is 428 g/mol. The first kappa shape index (κ1) is 23.9. The second-order valence-corrected chi connectivity index (χ2v) is 9.34. The van der Waals surface area contributed by atoms with Gasteiger partial charge in [-0.25, -0.2) is 4.79 Å². The summed E-state index contributed by atoms with van der Waals surface area (Å²) >= 11 is 0. The van der Waals surface area contributed by atoms with Gasteiger partial charge >= 0.3 is 11.9 Å². The summed E-state index contributed by atoms with van der Waals surface area (Å²) in [4.78, 5) is 24.6. The van der Waals surface area contributed by atoms with Crippen molar-refractivity contribution in [2.45, 2.75) is 56.2 Å². The number of hydrogen-bond donors (Lipinski definition) is 2. The third-order valence-corrected chi connectivity index (χ3v) is 7.35. The van der Waals surface area contributed by atoms with Crippen LogP contribution in [-0.4, -0.2) is 66.1 Å². The summed E-state index contributed by atoms with van der Waals surface area (Å²) in [5.74, 6) is -3.16. The lowest BCUT2D eigenvalue weighted by molar-refractivity contribution is -0.332. The van der Waals surface area contributed by atoms with E-state index in [9.17, 15) is 19.8 Å². The van der Waals surface area contributed by atoms with Gasteiger partial charge in [0, 0.05) is 24.3 Å². The number of benzene rings is 1. The SMILES string of the molecule is COC(=O)C1CCC2C(C1)OC1(CC(OC(=O)/C=C\c3ccccc3)C(C)CO1)C2(O)CO. The molecule has 0 aromatic heterocycles. The van der Waals surface area contributed by atoms with Crippen LogP contribution in [0.25, 0.3) is 6.08 Å². The Morgan fingerprint density at radius 2 is 2.00 bits per heavy atom. The van der Waals surface area contributed by atoms with E-state index >= 15 is 0 Å². The van der Waals surface area contributed by atoms with Gasteiger partial charge in [0.15, 0.2) is 0 Å².